The largest absolute Gasteiger partial charge is 0.496 e. The molecule has 7 aromatic carbocycles. The highest BCUT2D eigenvalue weighted by molar-refractivity contribution is 9.10. The van der Waals surface area contributed by atoms with Crippen LogP contribution in [-0.2, 0) is 54.7 Å². The third-order valence-corrected chi connectivity index (χ3v) is 15.5. The minimum absolute atomic E-state index is 0. The van der Waals surface area contributed by atoms with E-state index in [0.717, 1.165) is 41.6 Å². The molecule has 0 fully saturated rings. The Labute approximate surface area is 494 Å². The average Bonchev–Trinajstić information content (AvgIpc) is 3.80. The zero-order valence-electron chi connectivity index (χ0n) is 44.9. The molecule has 0 bridgehead atoms. The monoisotopic (exact) mass is 1250 g/mol. The molecule has 2 aliphatic rings. The zero-order valence-corrected chi connectivity index (χ0v) is 49.7. The van der Waals surface area contributed by atoms with Crippen LogP contribution in [0.4, 0.5) is 22.7 Å². The van der Waals surface area contributed by atoms with E-state index in [1.165, 1.54) is 0 Å². The summed E-state index contributed by atoms with van der Waals surface area (Å²) in [5, 5.41) is 15.3. The van der Waals surface area contributed by atoms with Gasteiger partial charge in [0.05, 0.1) is 88.1 Å². The number of carbonyl (C=O) groups excluding carboxylic acids is 6. The minimum Gasteiger partial charge on any atom is -0.496 e. The maximum absolute atomic E-state index is 15.0. The number of para-hydroxylation sites is 4. The van der Waals surface area contributed by atoms with Crippen LogP contribution >= 0.6 is 56.7 Å². The number of halogens is 4. The Balaban J connectivity index is 0.00000462. The topological polar surface area (TPSA) is 182 Å². The lowest BCUT2D eigenvalue weighted by Gasteiger charge is -2.27. The van der Waals surface area contributed by atoms with Gasteiger partial charge in [-0.25, -0.2) is 0 Å². The molecule has 9 rings (SSSR count). The number of nitrogens with one attached hydrogen (secondary N) is 4. The first-order valence-electron chi connectivity index (χ1n) is 25.6. The van der Waals surface area contributed by atoms with Crippen LogP contribution in [0.15, 0.2) is 142 Å². The quantitative estimate of drug-likeness (QED) is 0.0730. The molecule has 7 aromatic rings. The Kier molecular flexibility index (Phi) is 20.0. The lowest BCUT2D eigenvalue weighted by Crippen LogP contribution is -2.56. The molecule has 6 amide bonds. The van der Waals surface area contributed by atoms with Gasteiger partial charge in [-0.3, -0.25) is 28.8 Å². The fraction of sp³-hybridized carbons (Fsp3) is 0.267. The molecule has 4 N–H and O–H groups in total. The van der Waals surface area contributed by atoms with Crippen molar-refractivity contribution in [2.24, 2.45) is 0 Å². The van der Waals surface area contributed by atoms with Gasteiger partial charge in [0.15, 0.2) is 0 Å². The normalized spacial score (nSPS) is 15.8. The summed E-state index contributed by atoms with van der Waals surface area (Å²) in [6, 6.07) is 37.4. The second kappa shape index (κ2) is 26.5. The Morgan fingerprint density at radius 1 is 0.537 bits per heavy atom. The van der Waals surface area contributed by atoms with Crippen LogP contribution in [0.1, 0.15) is 36.1 Å². The molecular weight excluding hydrogens is 1190 g/mol. The van der Waals surface area contributed by atoms with Crippen molar-refractivity contribution in [3.63, 3.8) is 0 Å². The van der Waals surface area contributed by atoms with Crippen molar-refractivity contribution in [3.8, 4) is 11.5 Å². The van der Waals surface area contributed by atoms with Crippen molar-refractivity contribution in [2.45, 2.75) is 63.9 Å². The molecule has 0 spiro atoms. The highest BCUT2D eigenvalue weighted by atomic mass is 79.9. The predicted octanol–water partition coefficient (Wildman–Crippen LogP) is 8.81. The molecule has 80 heavy (non-hydrogen) atoms. The second-order valence-electron chi connectivity index (χ2n) is 19.4. The summed E-state index contributed by atoms with van der Waals surface area (Å²) in [5.41, 5.74) is 4.59. The van der Waals surface area contributed by atoms with Gasteiger partial charge in [-0.15, -0.1) is 24.8 Å². The number of methoxy groups -OCH3 is 2. The number of hydrogen-bond acceptors (Lipinski definition) is 10. The van der Waals surface area contributed by atoms with Gasteiger partial charge < -0.3 is 50.3 Å². The summed E-state index contributed by atoms with van der Waals surface area (Å²) in [4.78, 5) is 93.3. The maximum atomic E-state index is 15.0. The minimum atomic E-state index is -1.14. The molecular formula is C60H62Br2Cl2N8O8. The summed E-state index contributed by atoms with van der Waals surface area (Å²) in [6.07, 6.45) is -0.237. The molecule has 418 valence electrons. The smallest absolute Gasteiger partial charge is 0.251 e. The van der Waals surface area contributed by atoms with Gasteiger partial charge in [-0.2, -0.15) is 0 Å². The van der Waals surface area contributed by atoms with Crippen LogP contribution < -0.4 is 50.3 Å². The Morgan fingerprint density at radius 3 is 1.30 bits per heavy atom. The first-order valence-corrected chi connectivity index (χ1v) is 27.1. The molecule has 16 nitrogen and oxygen atoms in total. The number of benzene rings is 7. The van der Waals surface area contributed by atoms with Gasteiger partial charge in [0, 0.05) is 20.1 Å². The Morgan fingerprint density at radius 2 is 0.925 bits per heavy atom. The van der Waals surface area contributed by atoms with Crippen molar-refractivity contribution < 1.29 is 38.2 Å². The number of likely N-dealkylation sites (N-methyl/N-ethyl adjacent to an activating group) is 2. The molecule has 20 heteroatoms. The van der Waals surface area contributed by atoms with Crippen LogP contribution in [0.2, 0.25) is 0 Å². The van der Waals surface area contributed by atoms with Crippen molar-refractivity contribution in [1.29, 1.82) is 0 Å². The van der Waals surface area contributed by atoms with E-state index in [4.69, 9.17) is 9.47 Å². The van der Waals surface area contributed by atoms with Crippen LogP contribution in [0.25, 0.3) is 21.5 Å². The standard InChI is InChI=1S/C60H60Br2N8O8.2ClH/c1-35(63-3)57(73)65-47-33-67(49-14-7-9-16-51(49)69(59(47)75)31-45-43-22-20-41(61)29-39(43)18-24-53(45)77-5)55(71)27-37-12-11-13-38(26-37)28-56(72)68-34-48(66-58(74)36(2)64-4)60(76)70(52-17-10-8-15-50(52)68)32-46-44-23-21-42(62)30-40(44)19-25-54(46)78-6;;/h7-26,29-30,35-36,47-48,63-64H,27-28,31-34H2,1-6H3,(H,65,73)(H,66,74);2*1H/t35-,36-,47-,48-;;/m0../s1. The fourth-order valence-corrected chi connectivity index (χ4v) is 10.9. The molecule has 2 aliphatic heterocycles. The third kappa shape index (κ3) is 12.8. The number of ether oxygens (including phenoxy) is 2. The SMILES string of the molecule is CN[C@@H](C)C(=O)N[C@H]1CN(C(=O)Cc2cccc(CC(=O)N3C[C@H](NC(=O)[C@H](C)NC)C(=O)N(Cc4c(OC)ccc5cc(Br)ccc45)c4ccccc43)c2)c2ccccc2N(Cc2c(OC)ccc3cc(Br)ccc23)C1=O.Cl.Cl. The van der Waals surface area contributed by atoms with E-state index in [2.05, 4.69) is 53.1 Å². The molecule has 0 radical (unpaired) electrons. The van der Waals surface area contributed by atoms with E-state index in [1.54, 1.807) is 135 Å². The number of fused-ring (bicyclic) bond motifs is 4. The molecule has 0 aromatic heterocycles. The number of carbonyl (C=O) groups is 6. The number of hydrogen-bond donors (Lipinski definition) is 4. The Hall–Kier alpha value is -7.06. The van der Waals surface area contributed by atoms with E-state index in [0.29, 0.717) is 45.4 Å². The average molecular weight is 1250 g/mol. The van der Waals surface area contributed by atoms with Gasteiger partial charge in [-0.05, 0) is 121 Å². The number of anilines is 4. The first kappa shape index (κ1) is 60.6. The van der Waals surface area contributed by atoms with Gasteiger partial charge in [-0.1, -0.05) is 105 Å². The van der Waals surface area contributed by atoms with Gasteiger partial charge in [0.2, 0.25) is 23.6 Å². The predicted molar refractivity (Wildman–Crippen MR) is 326 cm³/mol. The van der Waals surface area contributed by atoms with Crippen LogP contribution in [0.3, 0.4) is 0 Å². The van der Waals surface area contributed by atoms with Crippen LogP contribution in [0.5, 0.6) is 11.5 Å². The van der Waals surface area contributed by atoms with Gasteiger partial charge >= 0.3 is 0 Å². The number of nitrogens with zero attached hydrogens (tertiary/aromatic N) is 4. The molecule has 0 saturated carbocycles. The summed E-state index contributed by atoms with van der Waals surface area (Å²) >= 11 is 7.15. The lowest BCUT2D eigenvalue weighted by atomic mass is 10.0. The van der Waals surface area contributed by atoms with E-state index < -0.39 is 47.8 Å². The summed E-state index contributed by atoms with van der Waals surface area (Å²) in [7, 11) is 6.46. The molecule has 0 saturated heterocycles. The summed E-state index contributed by atoms with van der Waals surface area (Å²) in [6.45, 7) is 3.19. The number of amides is 6. The van der Waals surface area contributed by atoms with Gasteiger partial charge in [0.25, 0.3) is 11.8 Å². The van der Waals surface area contributed by atoms with Crippen LogP contribution in [0, 0.1) is 0 Å². The van der Waals surface area contributed by atoms with Crippen LogP contribution in [-0.4, -0.2) is 101 Å². The van der Waals surface area contributed by atoms with Crippen molar-refractivity contribution >= 4 is 136 Å². The third-order valence-electron chi connectivity index (χ3n) is 14.5. The molecule has 2 heterocycles. The first-order chi connectivity index (χ1) is 37.6. The van der Waals surface area contributed by atoms with Crippen molar-refractivity contribution in [3.05, 3.63) is 165 Å². The van der Waals surface area contributed by atoms with Crippen molar-refractivity contribution in [1.82, 2.24) is 21.3 Å². The summed E-state index contributed by atoms with van der Waals surface area (Å²) < 4.78 is 13.5. The Bertz CT molecular complexity index is 3280. The zero-order chi connectivity index (χ0) is 55.4. The van der Waals surface area contributed by atoms with Gasteiger partial charge in [0.1, 0.15) is 23.6 Å². The molecule has 0 aliphatic carbocycles. The highest BCUT2D eigenvalue weighted by Gasteiger charge is 2.40. The number of rotatable bonds is 16. The van der Waals surface area contributed by atoms with Crippen molar-refractivity contribution in [2.75, 3.05) is 61.0 Å². The molecule has 0 unspecified atom stereocenters. The molecule has 4 atom stereocenters. The summed E-state index contributed by atoms with van der Waals surface area (Å²) in [5.74, 6) is -1.20. The fourth-order valence-electron chi connectivity index (χ4n) is 10.1. The maximum Gasteiger partial charge on any atom is 0.251 e. The van der Waals surface area contributed by atoms with E-state index in [-0.39, 0.29) is 75.6 Å². The van der Waals surface area contributed by atoms with E-state index >= 15 is 0 Å². The van der Waals surface area contributed by atoms with E-state index in [1.807, 2.05) is 60.7 Å². The lowest BCUT2D eigenvalue weighted by molar-refractivity contribution is -0.128. The second-order valence-corrected chi connectivity index (χ2v) is 21.2. The highest BCUT2D eigenvalue weighted by Crippen LogP contribution is 2.40. The van der Waals surface area contributed by atoms with E-state index in [9.17, 15) is 28.8 Å².